The van der Waals surface area contributed by atoms with E-state index in [9.17, 15) is 12.8 Å². The summed E-state index contributed by atoms with van der Waals surface area (Å²) in [6.07, 6.45) is 2.03. The quantitative estimate of drug-likeness (QED) is 0.363. The maximum absolute atomic E-state index is 14.3. The molecule has 0 saturated carbocycles. The molecule has 4 rings (SSSR count). The van der Waals surface area contributed by atoms with Crippen LogP contribution in [0.25, 0.3) is 11.0 Å². The molecule has 33 heavy (non-hydrogen) atoms. The molecule has 0 amide bonds. The first-order valence-electron chi connectivity index (χ1n) is 11.0. The van der Waals surface area contributed by atoms with Gasteiger partial charge < -0.3 is 9.30 Å². The molecule has 0 radical (unpaired) electrons. The number of rotatable bonds is 9. The number of nitrogens with zero attached hydrogens (tertiary/aromatic N) is 3. The van der Waals surface area contributed by atoms with E-state index in [4.69, 9.17) is 21.3 Å². The lowest BCUT2D eigenvalue weighted by Crippen LogP contribution is -2.30. The van der Waals surface area contributed by atoms with Crippen LogP contribution < -0.4 is 0 Å². The van der Waals surface area contributed by atoms with Gasteiger partial charge in [0.15, 0.2) is 5.16 Å². The Kier molecular flexibility index (Phi) is 7.65. The van der Waals surface area contributed by atoms with Gasteiger partial charge in [-0.3, -0.25) is 0 Å². The highest BCUT2D eigenvalue weighted by Crippen LogP contribution is 2.32. The molecular weight excluding hydrogens is 485 g/mol. The minimum absolute atomic E-state index is 0.0675. The van der Waals surface area contributed by atoms with Gasteiger partial charge in [0.25, 0.3) is 0 Å². The fraction of sp³-hybridized carbons (Fsp3) is 0.435. The molecule has 1 saturated heterocycles. The summed E-state index contributed by atoms with van der Waals surface area (Å²) in [4.78, 5) is 4.95. The van der Waals surface area contributed by atoms with Gasteiger partial charge in [-0.2, -0.15) is 4.31 Å². The van der Waals surface area contributed by atoms with E-state index < -0.39 is 10.0 Å². The first-order chi connectivity index (χ1) is 15.8. The van der Waals surface area contributed by atoms with Crippen molar-refractivity contribution in [1.82, 2.24) is 13.9 Å². The lowest BCUT2D eigenvalue weighted by Gasteiger charge is -2.18. The van der Waals surface area contributed by atoms with Gasteiger partial charge in [0, 0.05) is 36.0 Å². The van der Waals surface area contributed by atoms with Crippen molar-refractivity contribution in [3.63, 3.8) is 0 Å². The Morgan fingerprint density at radius 1 is 1.27 bits per heavy atom. The first-order valence-corrected chi connectivity index (χ1v) is 13.8. The van der Waals surface area contributed by atoms with Crippen molar-refractivity contribution in [3.8, 4) is 0 Å². The molecule has 1 aromatic heterocycles. The third kappa shape index (κ3) is 5.07. The van der Waals surface area contributed by atoms with Gasteiger partial charge in [-0.05, 0) is 43.2 Å². The first kappa shape index (κ1) is 24.5. The summed E-state index contributed by atoms with van der Waals surface area (Å²) in [5.74, 6) is -0.0466. The number of ether oxygens (including phenoxy) is 1. The Bertz CT molecular complexity index is 1220. The molecule has 2 heterocycles. The molecule has 1 atom stereocenters. The van der Waals surface area contributed by atoms with Crippen LogP contribution in [0.2, 0.25) is 5.02 Å². The van der Waals surface area contributed by atoms with Crippen LogP contribution in [0.1, 0.15) is 32.3 Å². The Hall–Kier alpha value is -1.65. The maximum atomic E-state index is 14.3. The van der Waals surface area contributed by atoms with Gasteiger partial charge in [0.1, 0.15) is 5.82 Å². The number of hydrogen-bond acceptors (Lipinski definition) is 5. The lowest BCUT2D eigenvalue weighted by molar-refractivity contribution is 0.0960. The molecular formula is C23H27ClFN3O3S2. The van der Waals surface area contributed by atoms with Crippen LogP contribution in [0.3, 0.4) is 0 Å². The van der Waals surface area contributed by atoms with E-state index in [1.165, 1.54) is 22.1 Å². The minimum Gasteiger partial charge on any atom is -0.376 e. The number of aromatic nitrogens is 2. The van der Waals surface area contributed by atoms with Crippen LogP contribution >= 0.6 is 23.4 Å². The zero-order valence-corrected chi connectivity index (χ0v) is 21.0. The summed E-state index contributed by atoms with van der Waals surface area (Å²) in [5.41, 5.74) is 1.83. The number of thioether (sulfide) groups is 1. The second kappa shape index (κ2) is 10.3. The highest BCUT2D eigenvalue weighted by atomic mass is 35.5. The van der Waals surface area contributed by atoms with Crippen molar-refractivity contribution in [3.05, 3.63) is 52.8 Å². The molecule has 0 aliphatic carbocycles. The normalized spacial score (nSPS) is 16.8. The lowest BCUT2D eigenvalue weighted by atomic mass is 10.2. The molecule has 0 unspecified atom stereocenters. The zero-order chi connectivity index (χ0) is 23.6. The number of halogens is 2. The second-order valence-corrected chi connectivity index (χ2v) is 11.2. The maximum Gasteiger partial charge on any atom is 0.243 e. The monoisotopic (exact) mass is 511 g/mol. The Morgan fingerprint density at radius 2 is 2.06 bits per heavy atom. The Labute approximate surface area is 203 Å². The molecule has 6 nitrogen and oxygen atoms in total. The van der Waals surface area contributed by atoms with E-state index in [-0.39, 0.29) is 16.8 Å². The molecule has 0 N–H and O–H groups in total. The van der Waals surface area contributed by atoms with E-state index in [1.807, 2.05) is 18.4 Å². The molecule has 178 valence electrons. The number of sulfonamides is 1. The number of hydrogen-bond donors (Lipinski definition) is 0. The molecule has 0 bridgehead atoms. The summed E-state index contributed by atoms with van der Waals surface area (Å²) in [5, 5.41) is 1.05. The third-order valence-corrected chi connectivity index (χ3v) is 9.25. The second-order valence-electron chi connectivity index (χ2n) is 7.87. The number of fused-ring (bicyclic) bond motifs is 1. The zero-order valence-electron chi connectivity index (χ0n) is 18.6. The van der Waals surface area contributed by atoms with Gasteiger partial charge in [-0.25, -0.2) is 17.8 Å². The van der Waals surface area contributed by atoms with Gasteiger partial charge in [-0.1, -0.05) is 43.3 Å². The van der Waals surface area contributed by atoms with E-state index in [1.54, 1.807) is 30.3 Å². The minimum atomic E-state index is -3.60. The summed E-state index contributed by atoms with van der Waals surface area (Å²) in [6, 6.07) is 9.69. The van der Waals surface area contributed by atoms with Crippen LogP contribution in [0.5, 0.6) is 0 Å². The summed E-state index contributed by atoms with van der Waals surface area (Å²) in [6.45, 7) is 5.77. The van der Waals surface area contributed by atoms with Crippen molar-refractivity contribution >= 4 is 44.4 Å². The van der Waals surface area contributed by atoms with E-state index in [2.05, 4.69) is 0 Å². The van der Waals surface area contributed by atoms with Crippen molar-refractivity contribution < 1.29 is 17.5 Å². The van der Waals surface area contributed by atoms with Crippen molar-refractivity contribution in [2.24, 2.45) is 0 Å². The fourth-order valence-electron chi connectivity index (χ4n) is 4.05. The van der Waals surface area contributed by atoms with Crippen molar-refractivity contribution in [1.29, 1.82) is 0 Å². The number of imidazole rings is 1. The molecule has 3 aromatic rings. The van der Waals surface area contributed by atoms with Gasteiger partial charge in [0.2, 0.25) is 10.0 Å². The topological polar surface area (TPSA) is 64.4 Å². The predicted octanol–water partition coefficient (Wildman–Crippen LogP) is 5.33. The van der Waals surface area contributed by atoms with Crippen molar-refractivity contribution in [2.45, 2.75) is 55.1 Å². The molecule has 10 heteroatoms. The molecule has 1 aliphatic rings. The predicted molar refractivity (Wildman–Crippen MR) is 130 cm³/mol. The summed E-state index contributed by atoms with van der Waals surface area (Å²) < 4.78 is 49.6. The average Bonchev–Trinajstić information content (AvgIpc) is 3.42. The van der Waals surface area contributed by atoms with Crippen LogP contribution in [0.15, 0.2) is 46.5 Å². The van der Waals surface area contributed by atoms with Crippen molar-refractivity contribution in [2.75, 3.05) is 19.7 Å². The van der Waals surface area contributed by atoms with Gasteiger partial charge in [-0.15, -0.1) is 0 Å². The van der Waals surface area contributed by atoms with Gasteiger partial charge in [0.05, 0.1) is 28.6 Å². The Morgan fingerprint density at radius 3 is 2.73 bits per heavy atom. The SMILES string of the molecule is CCN(CC)S(=O)(=O)c1ccc2c(c1)nc(SCc1c(F)cccc1Cl)n2C[C@@H]1CCCO1. The van der Waals surface area contributed by atoms with Crippen LogP contribution in [0, 0.1) is 5.82 Å². The number of benzene rings is 2. The standard InChI is InChI=1S/C23H27ClFN3O3S2/c1-3-27(4-2)33(29,30)17-10-11-22-21(13-17)26-23(28(22)14-16-7-6-12-31-16)32-15-18-19(24)8-5-9-20(18)25/h5,8-11,13,16H,3-4,6-7,12,14-15H2,1-2H3/t16-/m0/s1. The Balaban J connectivity index is 1.72. The molecule has 0 spiro atoms. The van der Waals surface area contributed by atoms with Crippen LogP contribution in [-0.4, -0.2) is 48.1 Å². The average molecular weight is 512 g/mol. The summed E-state index contributed by atoms with van der Waals surface area (Å²) >= 11 is 7.59. The van der Waals surface area contributed by atoms with Crippen LogP contribution in [-0.2, 0) is 27.1 Å². The molecule has 2 aromatic carbocycles. The third-order valence-electron chi connectivity index (χ3n) is 5.85. The van der Waals surface area contributed by atoms with E-state index in [0.717, 1.165) is 25.0 Å². The van der Waals surface area contributed by atoms with Gasteiger partial charge >= 0.3 is 0 Å². The highest BCUT2D eigenvalue weighted by molar-refractivity contribution is 7.98. The summed E-state index contributed by atoms with van der Waals surface area (Å²) in [7, 11) is -3.60. The highest BCUT2D eigenvalue weighted by Gasteiger charge is 2.25. The largest absolute Gasteiger partial charge is 0.376 e. The van der Waals surface area contributed by atoms with E-state index in [0.29, 0.717) is 46.6 Å². The molecule has 1 aliphatic heterocycles. The van der Waals surface area contributed by atoms with Crippen LogP contribution in [0.4, 0.5) is 4.39 Å². The molecule has 1 fully saturated rings. The smallest absolute Gasteiger partial charge is 0.243 e. The fourth-order valence-corrected chi connectivity index (χ4v) is 6.89. The van der Waals surface area contributed by atoms with E-state index >= 15 is 0 Å².